The standard InChI is InChI=1S/C13H18BrNO2/c1-3-4-9-12(15-13(16)17-2)10-7-5-6-8-11(10)14/h5-8,12H,3-4,9H2,1-2H3,(H,15,16). The van der Waals surface area contributed by atoms with Crippen LogP contribution in [0.3, 0.4) is 0 Å². The summed E-state index contributed by atoms with van der Waals surface area (Å²) < 4.78 is 5.67. The molecule has 1 N–H and O–H groups in total. The smallest absolute Gasteiger partial charge is 0.407 e. The van der Waals surface area contributed by atoms with Crippen molar-refractivity contribution in [2.45, 2.75) is 32.2 Å². The summed E-state index contributed by atoms with van der Waals surface area (Å²) in [4.78, 5) is 11.3. The normalized spacial score (nSPS) is 11.9. The minimum absolute atomic E-state index is 0.00188. The van der Waals surface area contributed by atoms with Crippen LogP contribution in [0.5, 0.6) is 0 Å². The van der Waals surface area contributed by atoms with Gasteiger partial charge in [0.15, 0.2) is 0 Å². The highest BCUT2D eigenvalue weighted by Gasteiger charge is 2.16. The predicted molar refractivity (Wildman–Crippen MR) is 71.9 cm³/mol. The third-order valence-electron chi connectivity index (χ3n) is 2.60. The van der Waals surface area contributed by atoms with E-state index in [-0.39, 0.29) is 12.1 Å². The van der Waals surface area contributed by atoms with E-state index in [1.165, 1.54) is 7.11 Å². The summed E-state index contributed by atoms with van der Waals surface area (Å²) in [6, 6.07) is 7.92. The van der Waals surface area contributed by atoms with Crippen LogP contribution in [0.15, 0.2) is 28.7 Å². The summed E-state index contributed by atoms with van der Waals surface area (Å²) in [5.41, 5.74) is 1.09. The van der Waals surface area contributed by atoms with Crippen molar-refractivity contribution < 1.29 is 9.53 Å². The molecule has 0 fully saturated rings. The fraction of sp³-hybridized carbons (Fsp3) is 0.462. The molecule has 1 unspecified atom stereocenters. The third-order valence-corrected chi connectivity index (χ3v) is 3.33. The molecule has 0 spiro atoms. The molecule has 0 saturated carbocycles. The van der Waals surface area contributed by atoms with Crippen molar-refractivity contribution in [2.24, 2.45) is 0 Å². The van der Waals surface area contributed by atoms with Crippen LogP contribution in [-0.2, 0) is 4.74 Å². The molecule has 1 amide bonds. The van der Waals surface area contributed by atoms with Gasteiger partial charge in [0.1, 0.15) is 0 Å². The van der Waals surface area contributed by atoms with Gasteiger partial charge in [-0.05, 0) is 18.1 Å². The second-order valence-electron chi connectivity index (χ2n) is 3.85. The SMILES string of the molecule is CCCCC(NC(=O)OC)c1ccccc1Br. The number of unbranched alkanes of at least 4 members (excludes halogenated alkanes) is 1. The summed E-state index contributed by atoms with van der Waals surface area (Å²) in [6.07, 6.45) is 2.69. The van der Waals surface area contributed by atoms with Crippen LogP contribution in [0.4, 0.5) is 4.79 Å². The van der Waals surface area contributed by atoms with Gasteiger partial charge in [-0.2, -0.15) is 0 Å². The molecule has 3 nitrogen and oxygen atoms in total. The zero-order chi connectivity index (χ0) is 12.7. The van der Waals surface area contributed by atoms with E-state index in [1.807, 2.05) is 24.3 Å². The van der Waals surface area contributed by atoms with Gasteiger partial charge in [0, 0.05) is 4.47 Å². The van der Waals surface area contributed by atoms with Gasteiger partial charge in [-0.15, -0.1) is 0 Å². The maximum absolute atomic E-state index is 11.3. The van der Waals surface area contributed by atoms with Gasteiger partial charge in [0.05, 0.1) is 13.2 Å². The molecule has 0 aliphatic carbocycles. The number of nitrogens with one attached hydrogen (secondary N) is 1. The Morgan fingerprint density at radius 1 is 1.47 bits per heavy atom. The maximum atomic E-state index is 11.3. The molecule has 1 aromatic rings. The van der Waals surface area contributed by atoms with Crippen LogP contribution in [0, 0.1) is 0 Å². The number of ether oxygens (including phenoxy) is 1. The highest BCUT2D eigenvalue weighted by Crippen LogP contribution is 2.26. The number of methoxy groups -OCH3 is 1. The van der Waals surface area contributed by atoms with Crippen molar-refractivity contribution in [1.29, 1.82) is 0 Å². The molecule has 94 valence electrons. The maximum Gasteiger partial charge on any atom is 0.407 e. The quantitative estimate of drug-likeness (QED) is 0.891. The fourth-order valence-corrected chi connectivity index (χ4v) is 2.23. The van der Waals surface area contributed by atoms with Crippen LogP contribution in [0.2, 0.25) is 0 Å². The van der Waals surface area contributed by atoms with Gasteiger partial charge >= 0.3 is 6.09 Å². The Kier molecular flexibility index (Phi) is 6.05. The van der Waals surface area contributed by atoms with E-state index in [0.29, 0.717) is 0 Å². The van der Waals surface area contributed by atoms with Gasteiger partial charge in [0.2, 0.25) is 0 Å². The van der Waals surface area contributed by atoms with Crippen molar-refractivity contribution in [3.8, 4) is 0 Å². The Balaban J connectivity index is 2.81. The lowest BCUT2D eigenvalue weighted by Gasteiger charge is -2.19. The second kappa shape index (κ2) is 7.33. The van der Waals surface area contributed by atoms with Crippen LogP contribution >= 0.6 is 15.9 Å². The van der Waals surface area contributed by atoms with E-state index in [0.717, 1.165) is 29.3 Å². The molecule has 1 rings (SSSR count). The summed E-state index contributed by atoms with van der Waals surface area (Å²) in [5.74, 6) is 0. The van der Waals surface area contributed by atoms with Gasteiger partial charge in [-0.25, -0.2) is 4.79 Å². The Bertz CT molecular complexity index is 368. The third kappa shape index (κ3) is 4.38. The summed E-state index contributed by atoms with van der Waals surface area (Å²) in [7, 11) is 1.38. The molecule has 17 heavy (non-hydrogen) atoms. The second-order valence-corrected chi connectivity index (χ2v) is 4.71. The largest absolute Gasteiger partial charge is 0.453 e. The highest BCUT2D eigenvalue weighted by atomic mass is 79.9. The van der Waals surface area contributed by atoms with Crippen molar-refractivity contribution in [2.75, 3.05) is 7.11 Å². The van der Waals surface area contributed by atoms with Crippen LogP contribution in [-0.4, -0.2) is 13.2 Å². The minimum atomic E-state index is -0.387. The lowest BCUT2D eigenvalue weighted by Crippen LogP contribution is -2.28. The number of benzene rings is 1. The molecule has 0 heterocycles. The molecule has 1 atom stereocenters. The first-order valence-corrected chi connectivity index (χ1v) is 6.57. The summed E-state index contributed by atoms with van der Waals surface area (Å²) in [6.45, 7) is 2.13. The van der Waals surface area contributed by atoms with Crippen molar-refractivity contribution in [3.63, 3.8) is 0 Å². The molecule has 0 aliphatic rings. The zero-order valence-corrected chi connectivity index (χ0v) is 11.8. The Hall–Kier alpha value is -1.03. The van der Waals surface area contributed by atoms with Gasteiger partial charge < -0.3 is 10.1 Å². The predicted octanol–water partition coefficient (Wildman–Crippen LogP) is 4.04. The lowest BCUT2D eigenvalue weighted by molar-refractivity contribution is 0.165. The molecular formula is C13H18BrNO2. The first kappa shape index (κ1) is 14.0. The van der Waals surface area contributed by atoms with Crippen molar-refractivity contribution >= 4 is 22.0 Å². The number of amides is 1. The Morgan fingerprint density at radius 2 is 2.18 bits per heavy atom. The minimum Gasteiger partial charge on any atom is -0.453 e. The Morgan fingerprint density at radius 3 is 2.76 bits per heavy atom. The number of halogens is 1. The molecule has 0 radical (unpaired) electrons. The van der Waals surface area contributed by atoms with E-state index < -0.39 is 0 Å². The molecule has 0 aliphatic heterocycles. The Labute approximate surface area is 111 Å². The average molecular weight is 300 g/mol. The van der Waals surface area contributed by atoms with E-state index >= 15 is 0 Å². The zero-order valence-electron chi connectivity index (χ0n) is 10.2. The highest BCUT2D eigenvalue weighted by molar-refractivity contribution is 9.10. The molecule has 0 aromatic heterocycles. The number of rotatable bonds is 5. The van der Waals surface area contributed by atoms with E-state index in [4.69, 9.17) is 0 Å². The van der Waals surface area contributed by atoms with E-state index in [1.54, 1.807) is 0 Å². The van der Waals surface area contributed by atoms with Gasteiger partial charge in [-0.3, -0.25) is 0 Å². The molecule has 4 heteroatoms. The average Bonchev–Trinajstić information content (AvgIpc) is 2.35. The van der Waals surface area contributed by atoms with E-state index in [9.17, 15) is 4.79 Å². The van der Waals surface area contributed by atoms with Gasteiger partial charge in [0.25, 0.3) is 0 Å². The number of hydrogen-bond donors (Lipinski definition) is 1. The number of carbonyl (C=O) groups excluding carboxylic acids is 1. The monoisotopic (exact) mass is 299 g/mol. The molecular weight excluding hydrogens is 282 g/mol. The first-order valence-electron chi connectivity index (χ1n) is 5.78. The van der Waals surface area contributed by atoms with Gasteiger partial charge in [-0.1, -0.05) is 53.9 Å². The van der Waals surface area contributed by atoms with Crippen molar-refractivity contribution in [3.05, 3.63) is 34.3 Å². The summed E-state index contributed by atoms with van der Waals surface area (Å²) in [5, 5.41) is 2.87. The number of hydrogen-bond acceptors (Lipinski definition) is 2. The summed E-state index contributed by atoms with van der Waals surface area (Å²) >= 11 is 3.51. The number of alkyl carbamates (subject to hydrolysis) is 1. The molecule has 0 saturated heterocycles. The number of carbonyl (C=O) groups is 1. The van der Waals surface area contributed by atoms with E-state index in [2.05, 4.69) is 32.9 Å². The first-order chi connectivity index (χ1) is 8.19. The van der Waals surface area contributed by atoms with Crippen LogP contribution in [0.25, 0.3) is 0 Å². The lowest BCUT2D eigenvalue weighted by atomic mass is 10.0. The van der Waals surface area contributed by atoms with Crippen LogP contribution < -0.4 is 5.32 Å². The van der Waals surface area contributed by atoms with Crippen LogP contribution in [0.1, 0.15) is 37.8 Å². The topological polar surface area (TPSA) is 38.3 Å². The van der Waals surface area contributed by atoms with Crippen molar-refractivity contribution in [1.82, 2.24) is 5.32 Å². The molecule has 1 aromatic carbocycles. The fourth-order valence-electron chi connectivity index (χ4n) is 1.67. The molecule has 0 bridgehead atoms.